The number of carbonyl (C=O) groups is 6. The Morgan fingerprint density at radius 3 is 1.55 bits per heavy atom. The number of aliphatic hydroxyl groups is 1. The van der Waals surface area contributed by atoms with Gasteiger partial charge in [0.25, 0.3) is 0 Å². The lowest BCUT2D eigenvalue weighted by molar-refractivity contribution is -0.149. The molecular weight excluding hydrogens is 996 g/mol. The van der Waals surface area contributed by atoms with Crippen LogP contribution in [-0.4, -0.2) is 82.7 Å². The van der Waals surface area contributed by atoms with Crippen molar-refractivity contribution in [3.05, 3.63) is 196 Å². The van der Waals surface area contributed by atoms with E-state index in [1.165, 1.54) is 0 Å². The fourth-order valence-corrected chi connectivity index (χ4v) is 7.75. The summed E-state index contributed by atoms with van der Waals surface area (Å²) in [4.78, 5) is 79.7. The first kappa shape index (κ1) is 56.9. The first-order valence-corrected chi connectivity index (χ1v) is 24.8. The minimum atomic E-state index is -1.51. The summed E-state index contributed by atoms with van der Waals surface area (Å²) in [6, 6.07) is 42.0. The quantitative estimate of drug-likeness (QED) is 0.0246. The summed E-state index contributed by atoms with van der Waals surface area (Å²) in [5, 5.41) is 31.7. The molecule has 6 rings (SSSR count). The second-order valence-electron chi connectivity index (χ2n) is 18.6. The van der Waals surface area contributed by atoms with Gasteiger partial charge in [0.05, 0.1) is 6.10 Å². The second-order valence-corrected chi connectivity index (χ2v) is 19.0. The Morgan fingerprint density at radius 2 is 1.01 bits per heavy atom. The summed E-state index contributed by atoms with van der Waals surface area (Å²) >= 11 is 6.84. The number of aliphatic carboxylic acids is 1. The van der Waals surface area contributed by atoms with Gasteiger partial charge in [0.2, 0.25) is 5.91 Å². The number of carboxylic acid groups (broad SMARTS) is 1. The second kappa shape index (κ2) is 28.3. The van der Waals surface area contributed by atoms with E-state index < -0.39 is 72.4 Å². The molecule has 4 amide bonds. The van der Waals surface area contributed by atoms with Crippen LogP contribution in [0.5, 0.6) is 5.75 Å². The van der Waals surface area contributed by atoms with E-state index in [0.29, 0.717) is 39.1 Å². The van der Waals surface area contributed by atoms with Crippen molar-refractivity contribution in [1.82, 2.24) is 21.3 Å². The number of nitrogens with one attached hydrogen (secondary N) is 4. The molecule has 0 aliphatic carbocycles. The third-order valence-electron chi connectivity index (χ3n) is 11.4. The van der Waals surface area contributed by atoms with Crippen molar-refractivity contribution in [1.29, 1.82) is 0 Å². The molecule has 0 saturated heterocycles. The number of hydrogen-bond donors (Lipinski definition) is 6. The number of hydrogen-bond acceptors (Lipinski definition) is 12. The molecule has 0 unspecified atom stereocenters. The zero-order valence-electron chi connectivity index (χ0n) is 42.2. The number of benzene rings is 6. The van der Waals surface area contributed by atoms with Crippen molar-refractivity contribution in [2.24, 2.45) is 0 Å². The largest absolute Gasteiger partial charge is 0.489 e. The van der Waals surface area contributed by atoms with Crippen LogP contribution in [0.2, 0.25) is 5.02 Å². The van der Waals surface area contributed by atoms with E-state index in [9.17, 15) is 39.0 Å². The number of carboxylic acids is 1. The van der Waals surface area contributed by atoms with Crippen molar-refractivity contribution < 1.29 is 62.7 Å². The predicted octanol–water partition coefficient (Wildman–Crippen LogP) is 8.85. The highest BCUT2D eigenvalue weighted by molar-refractivity contribution is 6.31. The zero-order valence-corrected chi connectivity index (χ0v) is 43.0. The monoisotopic (exact) mass is 1060 g/mol. The van der Waals surface area contributed by atoms with Crippen LogP contribution in [0.4, 0.5) is 14.4 Å². The van der Waals surface area contributed by atoms with Crippen LogP contribution < -0.4 is 26.0 Å². The number of halogens is 1. The topological polar surface area (TPSA) is 237 Å². The summed E-state index contributed by atoms with van der Waals surface area (Å²) in [5.74, 6) is -2.71. The third kappa shape index (κ3) is 19.1. The molecule has 18 heteroatoms. The normalized spacial score (nSPS) is 12.6. The molecule has 0 radical (unpaired) electrons. The van der Waals surface area contributed by atoms with Crippen LogP contribution >= 0.6 is 11.6 Å². The Morgan fingerprint density at radius 1 is 0.539 bits per heavy atom. The highest BCUT2D eigenvalue weighted by Gasteiger charge is 2.32. The standard InChI is InChI=1S/C58H61ClN4O13/c1-58(2,3)76-57(71)62-48(32-46(64)33-60-55(69)74-36-40-20-12-6-13-21-40)52(65)61-50(54(68)73-35-39-18-10-5-11-19-39)30-44-28-42(24-26-47(44)59)43-25-27-51(72-34-38-16-8-4-9-17-38)45(29-43)31-49(53(66)67)63-56(70)75-37-41-22-14-7-15-23-41/h4-29,46,48-50,64H,30-37H2,1-3H3,(H,60,69)(H,61,65)(H,62,71)(H,63,70)(H,66,67)/t46-,48+,49+,50+/m1/s1. The van der Waals surface area contributed by atoms with Gasteiger partial charge >= 0.3 is 30.2 Å². The van der Waals surface area contributed by atoms with E-state index in [2.05, 4.69) is 21.3 Å². The number of alkyl carbamates (subject to hydrolysis) is 3. The summed E-state index contributed by atoms with van der Waals surface area (Å²) in [5.41, 5.74) is 3.98. The number of esters is 1. The SMILES string of the molecule is CC(C)(C)OC(=O)N[C@@H](C[C@@H](O)CNC(=O)OCc1ccccc1)C(=O)N[C@@H](Cc1cc(-c2ccc(OCc3ccccc3)c(C[C@H](NC(=O)OCc3ccccc3)C(=O)O)c2)ccc1Cl)C(=O)OCc1ccccc1. The molecule has 17 nitrogen and oxygen atoms in total. The van der Waals surface area contributed by atoms with Gasteiger partial charge in [-0.2, -0.15) is 0 Å². The van der Waals surface area contributed by atoms with E-state index in [-0.39, 0.29) is 50.8 Å². The third-order valence-corrected chi connectivity index (χ3v) is 11.7. The highest BCUT2D eigenvalue weighted by Crippen LogP contribution is 2.32. The summed E-state index contributed by atoms with van der Waals surface area (Å²) in [6.07, 6.45) is -5.03. The van der Waals surface area contributed by atoms with Gasteiger partial charge in [-0.1, -0.05) is 145 Å². The number of rotatable bonds is 24. The van der Waals surface area contributed by atoms with Crippen LogP contribution in [-0.2, 0) is 72.6 Å². The zero-order chi connectivity index (χ0) is 54.5. The van der Waals surface area contributed by atoms with E-state index in [0.717, 1.165) is 11.1 Å². The summed E-state index contributed by atoms with van der Waals surface area (Å²) < 4.78 is 28.0. The molecule has 0 aliphatic rings. The molecule has 0 spiro atoms. The van der Waals surface area contributed by atoms with Gasteiger partial charge < -0.3 is 55.2 Å². The van der Waals surface area contributed by atoms with E-state index in [1.54, 1.807) is 136 Å². The van der Waals surface area contributed by atoms with Crippen molar-refractivity contribution >= 4 is 47.7 Å². The van der Waals surface area contributed by atoms with Crippen LogP contribution in [0.1, 0.15) is 60.6 Å². The maximum Gasteiger partial charge on any atom is 0.408 e. The maximum atomic E-state index is 14.3. The van der Waals surface area contributed by atoms with Gasteiger partial charge in [0.15, 0.2) is 0 Å². The molecule has 398 valence electrons. The Bertz CT molecular complexity index is 2870. The minimum Gasteiger partial charge on any atom is -0.489 e. The summed E-state index contributed by atoms with van der Waals surface area (Å²) in [6.45, 7) is 4.42. The van der Waals surface area contributed by atoms with Crippen molar-refractivity contribution in [3.63, 3.8) is 0 Å². The Labute approximate surface area is 445 Å². The van der Waals surface area contributed by atoms with Gasteiger partial charge in [-0.05, 0) is 89.5 Å². The van der Waals surface area contributed by atoms with Crippen LogP contribution in [0.15, 0.2) is 158 Å². The lowest BCUT2D eigenvalue weighted by atomic mass is 9.95. The van der Waals surface area contributed by atoms with Gasteiger partial charge in [0.1, 0.15) is 55.9 Å². The van der Waals surface area contributed by atoms with Gasteiger partial charge in [-0.15, -0.1) is 0 Å². The van der Waals surface area contributed by atoms with Crippen LogP contribution in [0.25, 0.3) is 11.1 Å². The molecule has 4 atom stereocenters. The fourth-order valence-electron chi connectivity index (χ4n) is 7.56. The Hall–Kier alpha value is -8.41. The first-order chi connectivity index (χ1) is 36.5. The molecule has 0 heterocycles. The molecule has 6 aromatic rings. The van der Waals surface area contributed by atoms with E-state index in [4.69, 9.17) is 35.3 Å². The molecule has 6 aromatic carbocycles. The maximum absolute atomic E-state index is 14.3. The average Bonchev–Trinajstić information content (AvgIpc) is 3.41. The highest BCUT2D eigenvalue weighted by atomic mass is 35.5. The lowest BCUT2D eigenvalue weighted by Crippen LogP contribution is -2.54. The Kier molecular flexibility index (Phi) is 21.2. The molecule has 0 bridgehead atoms. The number of carbonyl (C=O) groups excluding carboxylic acids is 5. The van der Waals surface area contributed by atoms with Crippen LogP contribution in [0.3, 0.4) is 0 Å². The smallest absolute Gasteiger partial charge is 0.408 e. The van der Waals surface area contributed by atoms with Gasteiger partial charge in [0, 0.05) is 30.8 Å². The lowest BCUT2D eigenvalue weighted by Gasteiger charge is -2.26. The molecule has 0 aliphatic heterocycles. The van der Waals surface area contributed by atoms with Crippen molar-refractivity contribution in [2.45, 2.75) is 96.3 Å². The molecule has 76 heavy (non-hydrogen) atoms. The first-order valence-electron chi connectivity index (χ1n) is 24.4. The van der Waals surface area contributed by atoms with E-state index in [1.807, 2.05) is 42.5 Å². The van der Waals surface area contributed by atoms with Crippen molar-refractivity contribution in [3.8, 4) is 16.9 Å². The molecule has 6 N–H and O–H groups in total. The predicted molar refractivity (Wildman–Crippen MR) is 283 cm³/mol. The summed E-state index contributed by atoms with van der Waals surface area (Å²) in [7, 11) is 0. The minimum absolute atomic E-state index is 0.0271. The van der Waals surface area contributed by atoms with Gasteiger partial charge in [-0.25, -0.2) is 24.0 Å². The number of aliphatic hydroxyl groups excluding tert-OH is 1. The fraction of sp³-hybridized carbons (Fsp3) is 0.276. The van der Waals surface area contributed by atoms with E-state index >= 15 is 0 Å². The molecule has 0 aromatic heterocycles. The average molecular weight is 1060 g/mol. The molecular formula is C58H61ClN4O13. The van der Waals surface area contributed by atoms with Crippen LogP contribution in [0, 0.1) is 0 Å². The number of amides is 4. The van der Waals surface area contributed by atoms with Crippen molar-refractivity contribution in [2.75, 3.05) is 6.54 Å². The number of ether oxygens (including phenoxy) is 5. The molecule has 0 saturated carbocycles. The Balaban J connectivity index is 1.25. The molecule has 0 fully saturated rings. The van der Waals surface area contributed by atoms with Gasteiger partial charge in [-0.3, -0.25) is 4.79 Å².